The molecule has 1 aliphatic carbocycles. The Morgan fingerprint density at radius 3 is 2.27 bits per heavy atom. The van der Waals surface area contributed by atoms with Crippen molar-refractivity contribution in [3.05, 3.63) is 0 Å². The number of halogens is 3. The Hall–Kier alpha value is -0.800. The van der Waals surface area contributed by atoms with Gasteiger partial charge in [0.25, 0.3) is 6.36 Å². The van der Waals surface area contributed by atoms with Gasteiger partial charge in [0.05, 0.1) is 6.07 Å². The molecule has 1 fully saturated rings. The van der Waals surface area contributed by atoms with Gasteiger partial charge in [0, 0.05) is 0 Å². The number of alkyl halides is 3. The molecule has 1 aliphatic rings. The first-order valence-electron chi connectivity index (χ1n) is 4.73. The predicted molar refractivity (Wildman–Crippen MR) is 44.6 cm³/mol. The van der Waals surface area contributed by atoms with Crippen molar-refractivity contribution in [2.75, 3.05) is 0 Å². The molecule has 0 radical (unpaired) electrons. The molecule has 0 bridgehead atoms. The zero-order valence-corrected chi connectivity index (χ0v) is 8.05. The van der Waals surface area contributed by atoms with Gasteiger partial charge in [-0.05, 0) is 25.7 Å². The van der Waals surface area contributed by atoms with E-state index in [9.17, 15) is 13.2 Å². The number of nitriles is 1. The second-order valence-electron chi connectivity index (χ2n) is 3.67. The Bertz CT molecular complexity index is 257. The summed E-state index contributed by atoms with van der Waals surface area (Å²) in [5.41, 5.74) is -1.66. The molecule has 0 saturated heterocycles. The third-order valence-electron chi connectivity index (χ3n) is 2.47. The van der Waals surface area contributed by atoms with Crippen molar-refractivity contribution in [3.8, 4) is 6.07 Å². The molecule has 0 aromatic carbocycles. The maximum Gasteiger partial charge on any atom is 0.412 e. The van der Waals surface area contributed by atoms with E-state index >= 15 is 0 Å². The molecule has 0 amide bonds. The molecule has 1 rings (SSSR count). The lowest BCUT2D eigenvalue weighted by Crippen LogP contribution is -2.45. The van der Waals surface area contributed by atoms with Gasteiger partial charge in [-0.15, -0.1) is 0 Å². The van der Waals surface area contributed by atoms with Crippen LogP contribution in [0.1, 0.15) is 32.1 Å². The van der Waals surface area contributed by atoms with E-state index in [1.807, 2.05) is 0 Å². The molecule has 0 spiro atoms. The fraction of sp³-hybridized carbons (Fsp3) is 0.889. The molecule has 0 aromatic heterocycles. The Kier molecular flexibility index (Phi) is 3.58. The zero-order chi connectivity index (χ0) is 11.5. The van der Waals surface area contributed by atoms with Crippen molar-refractivity contribution in [2.45, 2.75) is 50.2 Å². The molecule has 1 unspecified atom stereocenters. The minimum atomic E-state index is -4.31. The third kappa shape index (κ3) is 2.83. The van der Waals surface area contributed by atoms with Crippen LogP contribution in [0.5, 0.6) is 0 Å². The van der Waals surface area contributed by atoms with Crippen LogP contribution in [0, 0.1) is 11.3 Å². The second-order valence-corrected chi connectivity index (χ2v) is 3.67. The van der Waals surface area contributed by atoms with Gasteiger partial charge in [-0.3, -0.25) is 4.74 Å². The van der Waals surface area contributed by atoms with Gasteiger partial charge in [0.2, 0.25) is 0 Å². The topological polar surface area (TPSA) is 53.2 Å². The summed E-state index contributed by atoms with van der Waals surface area (Å²) in [4.78, 5) is 0. The average Bonchev–Trinajstić information content (AvgIpc) is 2.18. The fourth-order valence-corrected chi connectivity index (χ4v) is 1.67. The lowest BCUT2D eigenvalue weighted by molar-refractivity contribution is -0.351. The number of ether oxygens (including phenoxy) is 1. The van der Waals surface area contributed by atoms with Crippen molar-refractivity contribution in [2.24, 2.45) is 0 Å². The predicted octanol–water partition coefficient (Wildman–Crippen LogP) is 2.11. The number of rotatable bonds is 3. The van der Waals surface area contributed by atoms with Gasteiger partial charge in [0.15, 0.2) is 5.60 Å². The van der Waals surface area contributed by atoms with E-state index in [0.29, 0.717) is 12.8 Å². The van der Waals surface area contributed by atoms with Crippen LogP contribution in [-0.2, 0) is 4.74 Å². The van der Waals surface area contributed by atoms with Gasteiger partial charge < -0.3 is 5.11 Å². The minimum absolute atomic E-state index is 0.145. The molecule has 1 atom stereocenters. The minimum Gasteiger partial charge on any atom is -0.357 e. The first kappa shape index (κ1) is 12.3. The summed E-state index contributed by atoms with van der Waals surface area (Å²) in [5.74, 6) is 0. The number of nitrogens with zero attached hydrogens (tertiary/aromatic N) is 1. The van der Waals surface area contributed by atoms with Crippen molar-refractivity contribution < 1.29 is 23.0 Å². The average molecular weight is 223 g/mol. The maximum atomic E-state index is 12.8. The summed E-state index contributed by atoms with van der Waals surface area (Å²) in [6.45, 7) is 0. The van der Waals surface area contributed by atoms with E-state index in [-0.39, 0.29) is 12.8 Å². The van der Waals surface area contributed by atoms with E-state index in [4.69, 9.17) is 10.4 Å². The lowest BCUT2D eigenvalue weighted by Gasteiger charge is -2.33. The van der Waals surface area contributed by atoms with Crippen LogP contribution >= 0.6 is 0 Å². The smallest absolute Gasteiger partial charge is 0.357 e. The van der Waals surface area contributed by atoms with E-state index in [2.05, 4.69) is 4.74 Å². The molecule has 1 N–H and O–H groups in total. The van der Waals surface area contributed by atoms with Gasteiger partial charge in [-0.2, -0.15) is 14.0 Å². The van der Waals surface area contributed by atoms with E-state index in [1.165, 1.54) is 0 Å². The highest BCUT2D eigenvalue weighted by Crippen LogP contribution is 2.37. The molecule has 0 aliphatic heterocycles. The first-order valence-corrected chi connectivity index (χ1v) is 4.73. The number of aliphatic hydroxyl groups is 1. The van der Waals surface area contributed by atoms with Crippen LogP contribution in [0.25, 0.3) is 0 Å². The molecular weight excluding hydrogens is 211 g/mol. The molecule has 15 heavy (non-hydrogen) atoms. The van der Waals surface area contributed by atoms with E-state index < -0.39 is 18.1 Å². The Balaban J connectivity index is 2.72. The highest BCUT2D eigenvalue weighted by Gasteiger charge is 2.49. The molecule has 3 nitrogen and oxygen atoms in total. The number of hydrogen-bond donors (Lipinski definition) is 1. The van der Waals surface area contributed by atoms with Crippen LogP contribution in [0.3, 0.4) is 0 Å². The molecule has 0 heterocycles. The molecule has 86 valence electrons. The van der Waals surface area contributed by atoms with Crippen LogP contribution in [0.15, 0.2) is 0 Å². The molecule has 0 aromatic rings. The largest absolute Gasteiger partial charge is 0.412 e. The highest BCUT2D eigenvalue weighted by molar-refractivity contribution is 5.04. The quantitative estimate of drug-likeness (QED) is 0.797. The Labute approximate surface area is 85.4 Å². The first-order chi connectivity index (χ1) is 6.92. The standard InChI is InChI=1S/C9H12F3NO2/c10-7(14)9(11,12)15-8(6-13)4-2-1-3-5-8/h7,14H,1-5H2. The van der Waals surface area contributed by atoms with Gasteiger partial charge in [-0.1, -0.05) is 6.42 Å². The fourth-order valence-electron chi connectivity index (χ4n) is 1.67. The van der Waals surface area contributed by atoms with Gasteiger partial charge >= 0.3 is 6.11 Å². The Morgan fingerprint density at radius 2 is 1.87 bits per heavy atom. The summed E-state index contributed by atoms with van der Waals surface area (Å²) < 4.78 is 41.8. The SMILES string of the molecule is N#CC1(OC(F)(F)C(O)F)CCCCC1. The van der Waals surface area contributed by atoms with E-state index in [1.54, 1.807) is 6.07 Å². The maximum absolute atomic E-state index is 12.8. The van der Waals surface area contributed by atoms with Crippen LogP contribution in [0.2, 0.25) is 0 Å². The van der Waals surface area contributed by atoms with Crippen LogP contribution in [0.4, 0.5) is 13.2 Å². The third-order valence-corrected chi connectivity index (χ3v) is 2.47. The van der Waals surface area contributed by atoms with Crippen molar-refractivity contribution >= 4 is 0 Å². The van der Waals surface area contributed by atoms with Gasteiger partial charge in [0.1, 0.15) is 0 Å². The number of hydrogen-bond acceptors (Lipinski definition) is 3. The van der Waals surface area contributed by atoms with E-state index in [0.717, 1.165) is 6.42 Å². The summed E-state index contributed by atoms with van der Waals surface area (Å²) in [6, 6.07) is 1.65. The molecule has 1 saturated carbocycles. The van der Waals surface area contributed by atoms with Crippen LogP contribution in [-0.4, -0.2) is 23.2 Å². The molecule has 6 heteroatoms. The van der Waals surface area contributed by atoms with Crippen molar-refractivity contribution in [3.63, 3.8) is 0 Å². The zero-order valence-electron chi connectivity index (χ0n) is 8.05. The highest BCUT2D eigenvalue weighted by atomic mass is 19.3. The van der Waals surface area contributed by atoms with Crippen LogP contribution < -0.4 is 0 Å². The Morgan fingerprint density at radius 1 is 1.33 bits per heavy atom. The lowest BCUT2D eigenvalue weighted by atomic mass is 9.86. The summed E-state index contributed by atoms with van der Waals surface area (Å²) in [6.07, 6.45) is -5.40. The van der Waals surface area contributed by atoms with Gasteiger partial charge in [-0.25, -0.2) is 4.39 Å². The van der Waals surface area contributed by atoms with Crippen molar-refractivity contribution in [1.82, 2.24) is 0 Å². The monoisotopic (exact) mass is 223 g/mol. The summed E-state index contributed by atoms with van der Waals surface area (Å²) >= 11 is 0. The normalized spacial score (nSPS) is 23.1. The summed E-state index contributed by atoms with van der Waals surface area (Å²) in [5, 5.41) is 16.9. The number of aliphatic hydroxyl groups excluding tert-OH is 1. The molecular formula is C9H12F3NO2. The summed E-state index contributed by atoms with van der Waals surface area (Å²) in [7, 11) is 0. The second kappa shape index (κ2) is 4.37. The van der Waals surface area contributed by atoms with Crippen molar-refractivity contribution in [1.29, 1.82) is 5.26 Å².